The van der Waals surface area contributed by atoms with E-state index in [1.165, 1.54) is 4.90 Å². The number of hydrogen-bond donors (Lipinski definition) is 1. The number of carbonyl (C=O) groups excluding carboxylic acids is 3. The molecule has 1 N–H and O–H groups in total. The lowest BCUT2D eigenvalue weighted by atomic mass is 10.1. The summed E-state index contributed by atoms with van der Waals surface area (Å²) in [4.78, 5) is 42.7. The van der Waals surface area contributed by atoms with Gasteiger partial charge in [0.05, 0.1) is 11.4 Å². The Morgan fingerprint density at radius 3 is 2.83 bits per heavy atom. The van der Waals surface area contributed by atoms with Gasteiger partial charge in [-0.05, 0) is 31.2 Å². The number of nitrogens with zero attached hydrogens (tertiary/aromatic N) is 2. The summed E-state index contributed by atoms with van der Waals surface area (Å²) in [6.45, 7) is 1.37. The number of para-hydroxylation sites is 4. The SMILES string of the molecule is CC1CC(=O)Nc2ccccc2N1C(=O)COC(=O)CSc1nc2ccccc2o1. The van der Waals surface area contributed by atoms with Crippen molar-refractivity contribution < 1.29 is 23.5 Å². The third-order valence-corrected chi connectivity index (χ3v) is 5.37. The number of ether oxygens (including phenoxy) is 1. The van der Waals surface area contributed by atoms with E-state index in [2.05, 4.69) is 10.3 Å². The standard InChI is InChI=1S/C21H19N3O5S/c1-13-10-18(25)22-14-6-2-4-8-16(14)24(13)19(26)11-28-20(27)12-30-21-23-15-7-3-5-9-17(15)29-21/h2-9,13H,10-12H2,1H3,(H,22,25). The molecule has 8 nitrogen and oxygen atoms in total. The first kappa shape index (κ1) is 20.0. The number of oxazole rings is 1. The molecule has 0 spiro atoms. The maximum absolute atomic E-state index is 12.8. The lowest BCUT2D eigenvalue weighted by Gasteiger charge is -2.27. The molecule has 0 aliphatic carbocycles. The molecule has 0 bridgehead atoms. The molecular weight excluding hydrogens is 406 g/mol. The second-order valence-electron chi connectivity index (χ2n) is 6.78. The van der Waals surface area contributed by atoms with E-state index in [9.17, 15) is 14.4 Å². The first-order valence-electron chi connectivity index (χ1n) is 9.36. The number of esters is 1. The minimum absolute atomic E-state index is 0.0354. The largest absolute Gasteiger partial charge is 0.455 e. The summed E-state index contributed by atoms with van der Waals surface area (Å²) in [6, 6.07) is 14.0. The van der Waals surface area contributed by atoms with Crippen LogP contribution in [0.2, 0.25) is 0 Å². The molecular formula is C21H19N3O5S. The molecule has 30 heavy (non-hydrogen) atoms. The number of amides is 2. The zero-order chi connectivity index (χ0) is 21.1. The van der Waals surface area contributed by atoms with Crippen LogP contribution in [0.25, 0.3) is 11.1 Å². The molecule has 2 heterocycles. The first-order valence-corrected chi connectivity index (χ1v) is 10.3. The Kier molecular flexibility index (Phi) is 5.71. The van der Waals surface area contributed by atoms with E-state index < -0.39 is 18.5 Å². The van der Waals surface area contributed by atoms with E-state index in [-0.39, 0.29) is 24.1 Å². The fourth-order valence-electron chi connectivity index (χ4n) is 3.25. The molecule has 9 heteroatoms. The number of rotatable bonds is 5. The third-order valence-electron chi connectivity index (χ3n) is 4.57. The van der Waals surface area contributed by atoms with Gasteiger partial charge in [-0.2, -0.15) is 0 Å². The molecule has 0 fully saturated rings. The van der Waals surface area contributed by atoms with Gasteiger partial charge >= 0.3 is 5.97 Å². The highest BCUT2D eigenvalue weighted by Crippen LogP contribution is 2.31. The van der Waals surface area contributed by atoms with Gasteiger partial charge in [-0.15, -0.1) is 0 Å². The highest BCUT2D eigenvalue weighted by molar-refractivity contribution is 7.99. The Morgan fingerprint density at radius 2 is 2.00 bits per heavy atom. The van der Waals surface area contributed by atoms with Crippen molar-refractivity contribution in [1.29, 1.82) is 0 Å². The Morgan fingerprint density at radius 1 is 1.23 bits per heavy atom. The molecule has 1 aromatic heterocycles. The third kappa shape index (κ3) is 4.30. The molecule has 1 atom stereocenters. The van der Waals surface area contributed by atoms with E-state index in [0.717, 1.165) is 11.8 Å². The summed E-state index contributed by atoms with van der Waals surface area (Å²) in [5.41, 5.74) is 2.48. The number of hydrogen-bond acceptors (Lipinski definition) is 7. The van der Waals surface area contributed by atoms with E-state index in [1.54, 1.807) is 37.3 Å². The quantitative estimate of drug-likeness (QED) is 0.495. The molecule has 1 aliphatic rings. The Labute approximate surface area is 176 Å². The van der Waals surface area contributed by atoms with Crippen molar-refractivity contribution in [1.82, 2.24) is 4.98 Å². The molecule has 1 unspecified atom stereocenters. The van der Waals surface area contributed by atoms with Crippen molar-refractivity contribution in [2.45, 2.75) is 24.6 Å². The van der Waals surface area contributed by atoms with Crippen LogP contribution in [0.4, 0.5) is 11.4 Å². The fraction of sp³-hybridized carbons (Fsp3) is 0.238. The number of benzene rings is 2. The van der Waals surface area contributed by atoms with E-state index in [4.69, 9.17) is 9.15 Å². The summed E-state index contributed by atoms with van der Waals surface area (Å²) in [6.07, 6.45) is 0.155. The topological polar surface area (TPSA) is 102 Å². The molecule has 154 valence electrons. The van der Waals surface area contributed by atoms with Crippen LogP contribution in [-0.4, -0.2) is 41.2 Å². The number of anilines is 2. The maximum Gasteiger partial charge on any atom is 0.316 e. The zero-order valence-corrected chi connectivity index (χ0v) is 17.0. The van der Waals surface area contributed by atoms with Crippen LogP contribution in [-0.2, 0) is 19.1 Å². The minimum Gasteiger partial charge on any atom is -0.455 e. The molecule has 0 saturated carbocycles. The predicted molar refractivity (Wildman–Crippen MR) is 112 cm³/mol. The summed E-state index contributed by atoms with van der Waals surface area (Å²) in [5, 5.41) is 3.15. The predicted octanol–water partition coefficient (Wildman–Crippen LogP) is 3.23. The van der Waals surface area contributed by atoms with Crippen LogP contribution in [0.3, 0.4) is 0 Å². The summed E-state index contributed by atoms with van der Waals surface area (Å²) >= 11 is 1.10. The fourth-order valence-corrected chi connectivity index (χ4v) is 3.89. The van der Waals surface area contributed by atoms with Crippen molar-refractivity contribution >= 4 is 52.0 Å². The average molecular weight is 425 g/mol. The molecule has 0 radical (unpaired) electrons. The number of thioether (sulfide) groups is 1. The van der Waals surface area contributed by atoms with Gasteiger partial charge in [0.15, 0.2) is 12.2 Å². The molecule has 3 aromatic rings. The van der Waals surface area contributed by atoms with Crippen LogP contribution in [0.5, 0.6) is 0 Å². The summed E-state index contributed by atoms with van der Waals surface area (Å²) < 4.78 is 10.7. The van der Waals surface area contributed by atoms with Gasteiger partial charge in [0.2, 0.25) is 5.91 Å². The van der Waals surface area contributed by atoms with Crippen molar-refractivity contribution in [2.24, 2.45) is 0 Å². The Bertz CT molecular complexity index is 1080. The van der Waals surface area contributed by atoms with Gasteiger partial charge in [0.1, 0.15) is 11.3 Å². The van der Waals surface area contributed by atoms with Crippen molar-refractivity contribution in [3.8, 4) is 0 Å². The monoisotopic (exact) mass is 425 g/mol. The maximum atomic E-state index is 12.8. The average Bonchev–Trinajstić information content (AvgIpc) is 3.09. The van der Waals surface area contributed by atoms with Crippen LogP contribution in [0.1, 0.15) is 13.3 Å². The first-order chi connectivity index (χ1) is 14.5. The molecule has 2 aromatic carbocycles. The molecule has 2 amide bonds. The van der Waals surface area contributed by atoms with Crippen LogP contribution in [0, 0.1) is 0 Å². The van der Waals surface area contributed by atoms with Crippen LogP contribution < -0.4 is 10.2 Å². The van der Waals surface area contributed by atoms with Crippen molar-refractivity contribution in [2.75, 3.05) is 22.6 Å². The molecule has 0 saturated heterocycles. The number of aromatic nitrogens is 1. The van der Waals surface area contributed by atoms with Gasteiger partial charge in [-0.1, -0.05) is 36.0 Å². The number of carbonyl (C=O) groups is 3. The normalized spacial score (nSPS) is 16.0. The van der Waals surface area contributed by atoms with Gasteiger partial charge in [0.25, 0.3) is 11.1 Å². The Balaban J connectivity index is 1.36. The zero-order valence-electron chi connectivity index (χ0n) is 16.2. The molecule has 4 rings (SSSR count). The highest BCUT2D eigenvalue weighted by Gasteiger charge is 2.30. The van der Waals surface area contributed by atoms with Crippen LogP contribution >= 0.6 is 11.8 Å². The summed E-state index contributed by atoms with van der Waals surface area (Å²) in [5.74, 6) is -1.16. The second kappa shape index (κ2) is 8.58. The van der Waals surface area contributed by atoms with Gasteiger partial charge in [-0.25, -0.2) is 4.98 Å². The number of fused-ring (bicyclic) bond motifs is 2. The van der Waals surface area contributed by atoms with Crippen molar-refractivity contribution in [3.05, 3.63) is 48.5 Å². The highest BCUT2D eigenvalue weighted by atomic mass is 32.2. The van der Waals surface area contributed by atoms with E-state index >= 15 is 0 Å². The minimum atomic E-state index is -0.555. The smallest absolute Gasteiger partial charge is 0.316 e. The van der Waals surface area contributed by atoms with Gasteiger partial charge in [-0.3, -0.25) is 14.4 Å². The van der Waals surface area contributed by atoms with Crippen molar-refractivity contribution in [3.63, 3.8) is 0 Å². The Hall–Kier alpha value is -3.33. The van der Waals surface area contributed by atoms with E-state index in [0.29, 0.717) is 27.7 Å². The lowest BCUT2D eigenvalue weighted by molar-refractivity contribution is -0.145. The summed E-state index contributed by atoms with van der Waals surface area (Å²) in [7, 11) is 0. The van der Waals surface area contributed by atoms with Gasteiger partial charge in [0, 0.05) is 12.5 Å². The van der Waals surface area contributed by atoms with Gasteiger partial charge < -0.3 is 19.4 Å². The lowest BCUT2D eigenvalue weighted by Crippen LogP contribution is -2.41. The number of nitrogens with one attached hydrogen (secondary N) is 1. The van der Waals surface area contributed by atoms with Crippen LogP contribution in [0.15, 0.2) is 58.2 Å². The molecule has 1 aliphatic heterocycles. The van der Waals surface area contributed by atoms with E-state index in [1.807, 2.05) is 18.2 Å². The second-order valence-corrected chi connectivity index (χ2v) is 7.71.